The Hall–Kier alpha value is -2.14. The first-order valence-electron chi connectivity index (χ1n) is 7.15. The highest BCUT2D eigenvalue weighted by molar-refractivity contribution is 6.30. The van der Waals surface area contributed by atoms with Crippen LogP contribution in [0.1, 0.15) is 36.2 Å². The standard InChI is InChI=1S/C16H19ClN4O/c1-4-11(3)20-15(22)12-8-18-16(19-9-12)21-14-7-13(17)6-5-10(14)2/h5-9,11H,4H2,1-3H3,(H,20,22)(H,18,19,21). The van der Waals surface area contributed by atoms with Crippen molar-refractivity contribution < 1.29 is 4.79 Å². The largest absolute Gasteiger partial charge is 0.350 e. The molecule has 0 fully saturated rings. The van der Waals surface area contributed by atoms with Crippen LogP contribution in [0.4, 0.5) is 11.6 Å². The van der Waals surface area contributed by atoms with Crippen molar-refractivity contribution in [3.63, 3.8) is 0 Å². The van der Waals surface area contributed by atoms with Crippen LogP contribution in [0.3, 0.4) is 0 Å². The number of anilines is 2. The van der Waals surface area contributed by atoms with Gasteiger partial charge in [0.05, 0.1) is 5.56 Å². The molecule has 116 valence electrons. The Morgan fingerprint density at radius 2 is 2.00 bits per heavy atom. The lowest BCUT2D eigenvalue weighted by Gasteiger charge is -2.11. The van der Waals surface area contributed by atoms with E-state index in [-0.39, 0.29) is 11.9 Å². The summed E-state index contributed by atoms with van der Waals surface area (Å²) in [4.78, 5) is 20.3. The third kappa shape index (κ3) is 4.18. The minimum absolute atomic E-state index is 0.124. The molecule has 2 aromatic rings. The summed E-state index contributed by atoms with van der Waals surface area (Å²) >= 11 is 5.98. The molecule has 1 aromatic carbocycles. The van der Waals surface area contributed by atoms with Gasteiger partial charge in [-0.1, -0.05) is 24.6 Å². The van der Waals surface area contributed by atoms with E-state index in [1.165, 1.54) is 12.4 Å². The fourth-order valence-electron chi connectivity index (χ4n) is 1.77. The van der Waals surface area contributed by atoms with Gasteiger partial charge in [0, 0.05) is 29.1 Å². The maximum atomic E-state index is 12.0. The van der Waals surface area contributed by atoms with Gasteiger partial charge in [0.15, 0.2) is 0 Å². The van der Waals surface area contributed by atoms with E-state index < -0.39 is 0 Å². The Balaban J connectivity index is 2.09. The van der Waals surface area contributed by atoms with Crippen LogP contribution in [0, 0.1) is 6.92 Å². The van der Waals surface area contributed by atoms with Crippen LogP contribution in [-0.2, 0) is 0 Å². The number of hydrogen-bond acceptors (Lipinski definition) is 4. The molecule has 0 aliphatic heterocycles. The van der Waals surface area contributed by atoms with Crippen LogP contribution in [0.25, 0.3) is 0 Å². The number of benzene rings is 1. The molecule has 0 spiro atoms. The first kappa shape index (κ1) is 16.2. The second-order valence-electron chi connectivity index (χ2n) is 5.16. The van der Waals surface area contributed by atoms with E-state index in [1.54, 1.807) is 0 Å². The molecule has 1 unspecified atom stereocenters. The van der Waals surface area contributed by atoms with Crippen molar-refractivity contribution in [3.8, 4) is 0 Å². The molecule has 0 radical (unpaired) electrons. The number of rotatable bonds is 5. The van der Waals surface area contributed by atoms with E-state index in [0.29, 0.717) is 16.5 Å². The predicted octanol–water partition coefficient (Wildman–Crippen LogP) is 3.71. The Morgan fingerprint density at radius 3 is 2.64 bits per heavy atom. The number of nitrogens with zero attached hydrogens (tertiary/aromatic N) is 2. The number of aromatic nitrogens is 2. The van der Waals surface area contributed by atoms with Crippen molar-refractivity contribution in [2.24, 2.45) is 0 Å². The minimum Gasteiger partial charge on any atom is -0.350 e. The number of carbonyl (C=O) groups is 1. The summed E-state index contributed by atoms with van der Waals surface area (Å²) in [5, 5.41) is 6.60. The number of amides is 1. The zero-order chi connectivity index (χ0) is 16.1. The zero-order valence-corrected chi connectivity index (χ0v) is 13.6. The highest BCUT2D eigenvalue weighted by Crippen LogP contribution is 2.22. The smallest absolute Gasteiger partial charge is 0.254 e. The molecule has 0 bridgehead atoms. The van der Waals surface area contributed by atoms with Gasteiger partial charge in [-0.2, -0.15) is 0 Å². The zero-order valence-electron chi connectivity index (χ0n) is 12.9. The lowest BCUT2D eigenvalue weighted by molar-refractivity contribution is 0.0938. The monoisotopic (exact) mass is 318 g/mol. The SMILES string of the molecule is CCC(C)NC(=O)c1cnc(Nc2cc(Cl)ccc2C)nc1. The lowest BCUT2D eigenvalue weighted by Crippen LogP contribution is -2.32. The Bertz CT molecular complexity index is 658. The molecule has 0 aliphatic rings. The third-order valence-corrected chi connectivity index (χ3v) is 3.59. The van der Waals surface area contributed by atoms with E-state index in [1.807, 2.05) is 39.0 Å². The molecule has 5 nitrogen and oxygen atoms in total. The molecular formula is C16H19ClN4O. The summed E-state index contributed by atoms with van der Waals surface area (Å²) in [6.45, 7) is 5.94. The summed E-state index contributed by atoms with van der Waals surface area (Å²) < 4.78 is 0. The van der Waals surface area contributed by atoms with Gasteiger partial charge in [0.1, 0.15) is 0 Å². The minimum atomic E-state index is -0.167. The van der Waals surface area contributed by atoms with E-state index in [0.717, 1.165) is 17.7 Å². The molecular weight excluding hydrogens is 300 g/mol. The molecule has 0 aliphatic carbocycles. The molecule has 1 atom stereocenters. The van der Waals surface area contributed by atoms with Crippen molar-refractivity contribution in [1.29, 1.82) is 0 Å². The quantitative estimate of drug-likeness (QED) is 0.882. The molecule has 6 heteroatoms. The van der Waals surface area contributed by atoms with Crippen LogP contribution >= 0.6 is 11.6 Å². The van der Waals surface area contributed by atoms with Gasteiger partial charge in [-0.05, 0) is 38.0 Å². The van der Waals surface area contributed by atoms with E-state index in [4.69, 9.17) is 11.6 Å². The summed E-state index contributed by atoms with van der Waals surface area (Å²) in [5.74, 6) is 0.255. The molecule has 0 saturated carbocycles. The summed E-state index contributed by atoms with van der Waals surface area (Å²) in [5.41, 5.74) is 2.31. The van der Waals surface area contributed by atoms with E-state index in [9.17, 15) is 4.79 Å². The Labute approximate surface area is 135 Å². The molecule has 1 heterocycles. The van der Waals surface area contributed by atoms with Crippen LogP contribution in [0.2, 0.25) is 5.02 Å². The van der Waals surface area contributed by atoms with Gasteiger partial charge in [-0.3, -0.25) is 4.79 Å². The summed E-state index contributed by atoms with van der Waals surface area (Å²) in [6.07, 6.45) is 3.89. The number of hydrogen-bond donors (Lipinski definition) is 2. The average molecular weight is 319 g/mol. The highest BCUT2D eigenvalue weighted by atomic mass is 35.5. The van der Waals surface area contributed by atoms with Gasteiger partial charge < -0.3 is 10.6 Å². The van der Waals surface area contributed by atoms with Gasteiger partial charge in [-0.15, -0.1) is 0 Å². The van der Waals surface area contributed by atoms with Crippen molar-refractivity contribution in [2.45, 2.75) is 33.2 Å². The predicted molar refractivity (Wildman–Crippen MR) is 88.7 cm³/mol. The van der Waals surface area contributed by atoms with Crippen LogP contribution < -0.4 is 10.6 Å². The van der Waals surface area contributed by atoms with Crippen molar-refractivity contribution in [3.05, 3.63) is 46.7 Å². The van der Waals surface area contributed by atoms with E-state index >= 15 is 0 Å². The highest BCUT2D eigenvalue weighted by Gasteiger charge is 2.10. The first-order valence-corrected chi connectivity index (χ1v) is 7.53. The van der Waals surface area contributed by atoms with Crippen LogP contribution in [-0.4, -0.2) is 21.9 Å². The second-order valence-corrected chi connectivity index (χ2v) is 5.60. The molecule has 22 heavy (non-hydrogen) atoms. The van der Waals surface area contributed by atoms with Crippen molar-refractivity contribution in [1.82, 2.24) is 15.3 Å². The van der Waals surface area contributed by atoms with Crippen molar-refractivity contribution in [2.75, 3.05) is 5.32 Å². The molecule has 2 N–H and O–H groups in total. The molecule has 2 rings (SSSR count). The average Bonchev–Trinajstić information content (AvgIpc) is 2.51. The number of halogens is 1. The maximum absolute atomic E-state index is 12.0. The molecule has 1 aromatic heterocycles. The fraction of sp³-hybridized carbons (Fsp3) is 0.312. The Morgan fingerprint density at radius 1 is 1.32 bits per heavy atom. The lowest BCUT2D eigenvalue weighted by atomic mass is 10.2. The fourth-order valence-corrected chi connectivity index (χ4v) is 1.94. The van der Waals surface area contributed by atoms with Gasteiger partial charge in [0.25, 0.3) is 5.91 Å². The van der Waals surface area contributed by atoms with Gasteiger partial charge >= 0.3 is 0 Å². The number of nitrogens with one attached hydrogen (secondary N) is 2. The number of carbonyl (C=O) groups excluding carboxylic acids is 1. The molecule has 0 saturated heterocycles. The topological polar surface area (TPSA) is 66.9 Å². The van der Waals surface area contributed by atoms with Crippen LogP contribution in [0.5, 0.6) is 0 Å². The van der Waals surface area contributed by atoms with E-state index in [2.05, 4.69) is 20.6 Å². The summed E-state index contributed by atoms with van der Waals surface area (Å²) in [7, 11) is 0. The maximum Gasteiger partial charge on any atom is 0.254 e. The second kappa shape index (κ2) is 7.22. The summed E-state index contributed by atoms with van der Waals surface area (Å²) in [6, 6.07) is 5.67. The normalized spacial score (nSPS) is 11.8. The number of aryl methyl sites for hydroxylation is 1. The Kier molecular flexibility index (Phi) is 5.33. The van der Waals surface area contributed by atoms with Crippen LogP contribution in [0.15, 0.2) is 30.6 Å². The molecule has 1 amide bonds. The van der Waals surface area contributed by atoms with Gasteiger partial charge in [-0.25, -0.2) is 9.97 Å². The third-order valence-electron chi connectivity index (χ3n) is 3.35. The van der Waals surface area contributed by atoms with Crippen molar-refractivity contribution >= 4 is 29.1 Å². The van der Waals surface area contributed by atoms with Gasteiger partial charge in [0.2, 0.25) is 5.95 Å². The first-order chi connectivity index (χ1) is 10.5.